The highest BCUT2D eigenvalue weighted by atomic mass is 16.1. The second kappa shape index (κ2) is 8.84. The van der Waals surface area contributed by atoms with Crippen molar-refractivity contribution >= 4 is 10.8 Å². The van der Waals surface area contributed by atoms with Crippen LogP contribution in [-0.2, 0) is 13.1 Å². The number of hydrogen-bond acceptors (Lipinski definition) is 4. The molecule has 2 heterocycles. The number of fused-ring (bicyclic) bond motifs is 1. The van der Waals surface area contributed by atoms with E-state index in [2.05, 4.69) is 65.9 Å². The van der Waals surface area contributed by atoms with Crippen molar-refractivity contribution in [3.05, 3.63) is 112 Å². The molecular formula is C27H25N5O. The molecule has 6 nitrogen and oxygen atoms in total. The van der Waals surface area contributed by atoms with Crippen molar-refractivity contribution < 1.29 is 0 Å². The van der Waals surface area contributed by atoms with Crippen LogP contribution in [0.25, 0.3) is 27.7 Å². The van der Waals surface area contributed by atoms with Crippen LogP contribution in [0.1, 0.15) is 22.4 Å². The molecule has 0 saturated heterocycles. The van der Waals surface area contributed by atoms with Gasteiger partial charge in [-0.1, -0.05) is 60.7 Å². The molecule has 0 unspecified atom stereocenters. The number of hydrogen-bond donors (Lipinski definition) is 2. The van der Waals surface area contributed by atoms with Crippen LogP contribution in [-0.4, -0.2) is 20.0 Å². The molecule has 0 aliphatic rings. The van der Waals surface area contributed by atoms with Crippen LogP contribution in [0.15, 0.2) is 83.8 Å². The highest BCUT2D eigenvalue weighted by Crippen LogP contribution is 2.25. The van der Waals surface area contributed by atoms with Crippen molar-refractivity contribution in [1.82, 2.24) is 25.3 Å². The zero-order valence-electron chi connectivity index (χ0n) is 18.7. The maximum Gasteiger partial charge on any atom is 0.272 e. The maximum absolute atomic E-state index is 12.1. The number of nitrogens with one attached hydrogen (secondary N) is 2. The van der Waals surface area contributed by atoms with Crippen molar-refractivity contribution in [2.45, 2.75) is 26.9 Å². The Morgan fingerprint density at radius 3 is 2.48 bits per heavy atom. The third-order valence-corrected chi connectivity index (χ3v) is 5.83. The average Bonchev–Trinajstić information content (AvgIpc) is 3.27. The highest BCUT2D eigenvalue weighted by molar-refractivity contribution is 5.83. The lowest BCUT2D eigenvalue weighted by molar-refractivity contribution is 0.674. The monoisotopic (exact) mass is 435 g/mol. The van der Waals surface area contributed by atoms with Crippen molar-refractivity contribution in [2.24, 2.45) is 0 Å². The van der Waals surface area contributed by atoms with E-state index >= 15 is 0 Å². The van der Waals surface area contributed by atoms with Crippen LogP contribution >= 0.6 is 0 Å². The molecule has 0 saturated carbocycles. The number of benzene rings is 3. The third kappa shape index (κ3) is 4.21. The topological polar surface area (TPSA) is 75.6 Å². The summed E-state index contributed by atoms with van der Waals surface area (Å²) >= 11 is 0. The molecule has 5 aromatic rings. The van der Waals surface area contributed by atoms with E-state index in [0.717, 1.165) is 33.6 Å². The minimum Gasteiger partial charge on any atom is -0.307 e. The summed E-state index contributed by atoms with van der Waals surface area (Å²) in [4.78, 5) is 12.1. The molecule has 0 radical (unpaired) electrons. The molecule has 6 heteroatoms. The van der Waals surface area contributed by atoms with Crippen molar-refractivity contribution in [1.29, 1.82) is 0 Å². The van der Waals surface area contributed by atoms with Crippen LogP contribution < -0.4 is 10.9 Å². The second-order valence-corrected chi connectivity index (χ2v) is 8.25. The summed E-state index contributed by atoms with van der Waals surface area (Å²) in [5, 5.41) is 16.8. The molecule has 0 atom stereocenters. The predicted molar refractivity (Wildman–Crippen MR) is 131 cm³/mol. The lowest BCUT2D eigenvalue weighted by Crippen LogP contribution is -2.18. The first-order valence-corrected chi connectivity index (χ1v) is 11.0. The Balaban J connectivity index is 1.46. The second-order valence-electron chi connectivity index (χ2n) is 8.25. The minimum absolute atomic E-state index is 0.171. The van der Waals surface area contributed by atoms with Gasteiger partial charge in [-0.2, -0.15) is 10.2 Å². The fourth-order valence-electron chi connectivity index (χ4n) is 4.09. The number of aryl methyl sites for hydroxylation is 2. The van der Waals surface area contributed by atoms with E-state index in [1.165, 1.54) is 11.1 Å². The molecule has 2 N–H and O–H groups in total. The van der Waals surface area contributed by atoms with E-state index in [0.29, 0.717) is 18.5 Å². The van der Waals surface area contributed by atoms with Gasteiger partial charge in [0.05, 0.1) is 22.5 Å². The van der Waals surface area contributed by atoms with Crippen molar-refractivity contribution in [3.8, 4) is 16.9 Å². The molecule has 0 fully saturated rings. The quantitative estimate of drug-likeness (QED) is 0.406. The Morgan fingerprint density at radius 2 is 1.67 bits per heavy atom. The summed E-state index contributed by atoms with van der Waals surface area (Å²) in [5.41, 5.74) is 7.20. The SMILES string of the molecule is Cc1ccc(C)c(-n2cc(CNCc3n[nH]c(=O)c4ccccc34)c(-c3ccccc3)n2)c1. The van der Waals surface area contributed by atoms with Crippen LogP contribution in [0.5, 0.6) is 0 Å². The van der Waals surface area contributed by atoms with Gasteiger partial charge in [-0.15, -0.1) is 0 Å². The maximum atomic E-state index is 12.1. The van der Waals surface area contributed by atoms with Gasteiger partial charge >= 0.3 is 0 Å². The van der Waals surface area contributed by atoms with Gasteiger partial charge in [0.15, 0.2) is 0 Å². The van der Waals surface area contributed by atoms with Crippen LogP contribution in [0, 0.1) is 13.8 Å². The molecule has 33 heavy (non-hydrogen) atoms. The van der Waals surface area contributed by atoms with Gasteiger partial charge in [0.1, 0.15) is 0 Å². The summed E-state index contributed by atoms with van der Waals surface area (Å²) in [6.45, 7) is 5.34. The lowest BCUT2D eigenvalue weighted by atomic mass is 10.1. The largest absolute Gasteiger partial charge is 0.307 e. The molecular weight excluding hydrogens is 410 g/mol. The molecule has 164 valence electrons. The fraction of sp³-hybridized carbons (Fsp3) is 0.148. The van der Waals surface area contributed by atoms with Gasteiger partial charge in [0.25, 0.3) is 5.56 Å². The first-order chi connectivity index (χ1) is 16.1. The molecule has 2 aromatic heterocycles. The van der Waals surface area contributed by atoms with Gasteiger partial charge in [-0.05, 0) is 37.1 Å². The Morgan fingerprint density at radius 1 is 0.909 bits per heavy atom. The zero-order valence-corrected chi connectivity index (χ0v) is 18.7. The van der Waals surface area contributed by atoms with E-state index in [9.17, 15) is 4.79 Å². The number of rotatable bonds is 6. The number of nitrogens with zero attached hydrogens (tertiary/aromatic N) is 3. The Labute approximate surface area is 191 Å². The summed E-state index contributed by atoms with van der Waals surface area (Å²) in [6.07, 6.45) is 2.09. The smallest absolute Gasteiger partial charge is 0.272 e. The number of H-pyrrole nitrogens is 1. The standard InChI is InChI=1S/C27H25N5O/c1-18-12-13-19(2)25(14-18)32-17-21(26(31-32)20-8-4-3-5-9-20)15-28-16-24-22-10-6-7-11-23(22)27(33)30-29-24/h3-14,17,28H,15-16H2,1-2H3,(H,30,33). The lowest BCUT2D eigenvalue weighted by Gasteiger charge is -2.07. The molecule has 0 amide bonds. The summed E-state index contributed by atoms with van der Waals surface area (Å²) in [5.74, 6) is 0. The van der Waals surface area contributed by atoms with E-state index in [-0.39, 0.29) is 5.56 Å². The predicted octanol–water partition coefficient (Wildman–Crippen LogP) is 4.68. The van der Waals surface area contributed by atoms with Gasteiger partial charge in [0.2, 0.25) is 0 Å². The highest BCUT2D eigenvalue weighted by Gasteiger charge is 2.14. The molecule has 0 spiro atoms. The van der Waals surface area contributed by atoms with Crippen molar-refractivity contribution in [3.63, 3.8) is 0 Å². The Bertz CT molecular complexity index is 1480. The Kier molecular flexibility index (Phi) is 5.59. The normalized spacial score (nSPS) is 11.2. The van der Waals surface area contributed by atoms with Crippen molar-refractivity contribution in [2.75, 3.05) is 0 Å². The van der Waals surface area contributed by atoms with E-state index < -0.39 is 0 Å². The van der Waals surface area contributed by atoms with E-state index in [4.69, 9.17) is 5.10 Å². The van der Waals surface area contributed by atoms with Gasteiger partial charge in [0, 0.05) is 35.8 Å². The van der Waals surface area contributed by atoms with Crippen LogP contribution in [0.4, 0.5) is 0 Å². The van der Waals surface area contributed by atoms with Gasteiger partial charge < -0.3 is 5.32 Å². The molecule has 0 bridgehead atoms. The summed E-state index contributed by atoms with van der Waals surface area (Å²) < 4.78 is 1.97. The molecule has 0 aliphatic carbocycles. The Hall–Kier alpha value is -4.03. The molecule has 3 aromatic carbocycles. The van der Waals surface area contributed by atoms with Crippen LogP contribution in [0.2, 0.25) is 0 Å². The molecule has 5 rings (SSSR count). The minimum atomic E-state index is -0.171. The number of aromatic amines is 1. The first-order valence-electron chi connectivity index (χ1n) is 11.0. The first kappa shape index (κ1) is 20.8. The summed E-state index contributed by atoms with van der Waals surface area (Å²) in [6, 6.07) is 24.2. The van der Waals surface area contributed by atoms with Gasteiger partial charge in [-0.25, -0.2) is 9.78 Å². The fourth-order valence-corrected chi connectivity index (χ4v) is 4.09. The number of aromatic nitrogens is 4. The van der Waals surface area contributed by atoms with Crippen LogP contribution in [0.3, 0.4) is 0 Å². The van der Waals surface area contributed by atoms with Gasteiger partial charge in [-0.3, -0.25) is 4.79 Å². The average molecular weight is 436 g/mol. The molecule has 0 aliphatic heterocycles. The van der Waals surface area contributed by atoms with E-state index in [1.54, 1.807) is 0 Å². The third-order valence-electron chi connectivity index (χ3n) is 5.83. The summed E-state index contributed by atoms with van der Waals surface area (Å²) in [7, 11) is 0. The van der Waals surface area contributed by atoms with E-state index in [1.807, 2.05) is 47.1 Å². The zero-order chi connectivity index (χ0) is 22.8.